The van der Waals surface area contributed by atoms with Crippen LogP contribution in [0, 0.1) is 0 Å². The number of amides is 1. The molecule has 1 aliphatic rings. The fraction of sp³-hybridized carbons (Fsp3) is 0.357. The molecule has 2 aromatic rings. The highest BCUT2D eigenvalue weighted by Gasteiger charge is 2.28. The van der Waals surface area contributed by atoms with Crippen LogP contribution in [0.1, 0.15) is 30.7 Å². The zero-order valence-electron chi connectivity index (χ0n) is 11.1. The first-order valence-corrected chi connectivity index (χ1v) is 7.40. The Morgan fingerprint density at radius 3 is 2.80 bits per heavy atom. The fourth-order valence-electron chi connectivity index (χ4n) is 1.74. The summed E-state index contributed by atoms with van der Waals surface area (Å²) in [6.07, 6.45) is 1.78. The highest BCUT2D eigenvalue weighted by Crippen LogP contribution is 2.42. The Labute approximate surface area is 121 Å². The molecule has 0 aliphatic heterocycles. The summed E-state index contributed by atoms with van der Waals surface area (Å²) in [4.78, 5) is 12.0. The molecule has 0 bridgehead atoms. The van der Waals surface area contributed by atoms with Crippen molar-refractivity contribution in [2.75, 3.05) is 5.32 Å². The molecule has 1 N–H and O–H groups in total. The first-order valence-electron chi connectivity index (χ1n) is 6.58. The van der Waals surface area contributed by atoms with Crippen LogP contribution in [0.15, 0.2) is 30.3 Å². The molecule has 0 spiro atoms. The van der Waals surface area contributed by atoms with Crippen molar-refractivity contribution in [3.63, 3.8) is 0 Å². The molecule has 6 heteroatoms. The van der Waals surface area contributed by atoms with E-state index in [4.69, 9.17) is 4.74 Å². The van der Waals surface area contributed by atoms with Crippen LogP contribution in [0.4, 0.5) is 5.13 Å². The zero-order valence-corrected chi connectivity index (χ0v) is 11.9. The highest BCUT2D eigenvalue weighted by molar-refractivity contribution is 7.15. The Kier molecular flexibility index (Phi) is 3.64. The van der Waals surface area contributed by atoms with E-state index in [-0.39, 0.29) is 5.91 Å². The maximum atomic E-state index is 12.0. The van der Waals surface area contributed by atoms with E-state index in [1.54, 1.807) is 6.92 Å². The molecule has 1 aromatic carbocycles. The van der Waals surface area contributed by atoms with Crippen molar-refractivity contribution in [3.8, 4) is 5.75 Å². The third-order valence-corrected chi connectivity index (χ3v) is 4.02. The molecular weight excluding hydrogens is 274 g/mol. The average Bonchev–Trinajstić information content (AvgIpc) is 3.20. The van der Waals surface area contributed by atoms with Gasteiger partial charge in [-0.05, 0) is 31.9 Å². The lowest BCUT2D eigenvalue weighted by Crippen LogP contribution is -2.30. The van der Waals surface area contributed by atoms with E-state index >= 15 is 0 Å². The second-order valence-corrected chi connectivity index (χ2v) is 5.79. The van der Waals surface area contributed by atoms with Gasteiger partial charge in [0.25, 0.3) is 5.91 Å². The number of para-hydroxylation sites is 1. The molecule has 1 aromatic heterocycles. The van der Waals surface area contributed by atoms with Gasteiger partial charge in [0.05, 0.1) is 0 Å². The minimum atomic E-state index is -0.578. The highest BCUT2D eigenvalue weighted by atomic mass is 32.1. The van der Waals surface area contributed by atoms with Gasteiger partial charge >= 0.3 is 0 Å². The van der Waals surface area contributed by atoms with Crippen LogP contribution in [0.3, 0.4) is 0 Å². The van der Waals surface area contributed by atoms with Gasteiger partial charge in [-0.25, -0.2) is 0 Å². The van der Waals surface area contributed by atoms with Crippen LogP contribution in [0.5, 0.6) is 5.75 Å². The number of aromatic nitrogens is 2. The lowest BCUT2D eigenvalue weighted by molar-refractivity contribution is -0.122. The standard InChI is InChI=1S/C14H15N3O2S/c1-9(19-11-5-3-2-4-6-11)12(18)15-14-17-16-13(20-14)10-7-8-10/h2-6,9-10H,7-8H2,1H3,(H,15,17,18)/t9-/m1/s1. The van der Waals surface area contributed by atoms with Crippen LogP contribution < -0.4 is 10.1 Å². The van der Waals surface area contributed by atoms with E-state index in [2.05, 4.69) is 15.5 Å². The van der Waals surface area contributed by atoms with Gasteiger partial charge in [-0.2, -0.15) is 0 Å². The van der Waals surface area contributed by atoms with Crippen LogP contribution in [-0.2, 0) is 4.79 Å². The van der Waals surface area contributed by atoms with Gasteiger partial charge in [-0.3, -0.25) is 10.1 Å². The van der Waals surface area contributed by atoms with E-state index in [0.29, 0.717) is 16.8 Å². The van der Waals surface area contributed by atoms with Crippen LogP contribution in [-0.4, -0.2) is 22.2 Å². The van der Waals surface area contributed by atoms with Crippen LogP contribution in [0.2, 0.25) is 0 Å². The number of nitrogens with one attached hydrogen (secondary N) is 1. The molecule has 104 valence electrons. The molecule has 0 unspecified atom stereocenters. The van der Waals surface area contributed by atoms with Gasteiger partial charge < -0.3 is 4.74 Å². The number of hydrogen-bond acceptors (Lipinski definition) is 5. The van der Waals surface area contributed by atoms with E-state index in [9.17, 15) is 4.79 Å². The van der Waals surface area contributed by atoms with Crippen molar-refractivity contribution < 1.29 is 9.53 Å². The van der Waals surface area contributed by atoms with Crippen LogP contribution >= 0.6 is 11.3 Å². The normalized spacial score (nSPS) is 15.7. The van der Waals surface area contributed by atoms with Crippen molar-refractivity contribution in [1.82, 2.24) is 10.2 Å². The second-order valence-electron chi connectivity index (χ2n) is 4.78. The van der Waals surface area contributed by atoms with Crippen molar-refractivity contribution in [2.45, 2.75) is 31.8 Å². The first-order chi connectivity index (χ1) is 9.72. The van der Waals surface area contributed by atoms with Gasteiger partial charge in [0.2, 0.25) is 5.13 Å². The van der Waals surface area contributed by atoms with Gasteiger partial charge in [-0.15, -0.1) is 10.2 Å². The number of rotatable bonds is 5. The molecule has 1 atom stereocenters. The molecule has 1 heterocycles. The summed E-state index contributed by atoms with van der Waals surface area (Å²) >= 11 is 1.45. The molecule has 1 fully saturated rings. The van der Waals surface area contributed by atoms with Crippen molar-refractivity contribution in [2.24, 2.45) is 0 Å². The predicted molar refractivity (Wildman–Crippen MR) is 77.0 cm³/mol. The van der Waals surface area contributed by atoms with Crippen molar-refractivity contribution >= 4 is 22.4 Å². The number of hydrogen-bond donors (Lipinski definition) is 1. The third kappa shape index (κ3) is 3.14. The topological polar surface area (TPSA) is 64.1 Å². The summed E-state index contributed by atoms with van der Waals surface area (Å²) < 4.78 is 5.56. The van der Waals surface area contributed by atoms with Crippen molar-refractivity contribution in [1.29, 1.82) is 0 Å². The minimum Gasteiger partial charge on any atom is -0.481 e. The predicted octanol–water partition coefficient (Wildman–Crippen LogP) is 2.82. The average molecular weight is 289 g/mol. The van der Waals surface area contributed by atoms with E-state index < -0.39 is 6.10 Å². The van der Waals surface area contributed by atoms with E-state index in [0.717, 1.165) is 5.01 Å². The monoisotopic (exact) mass is 289 g/mol. The molecular formula is C14H15N3O2S. The Morgan fingerprint density at radius 2 is 2.10 bits per heavy atom. The Morgan fingerprint density at radius 1 is 1.35 bits per heavy atom. The number of ether oxygens (including phenoxy) is 1. The van der Waals surface area contributed by atoms with Gasteiger partial charge in [0.15, 0.2) is 6.10 Å². The number of benzene rings is 1. The molecule has 1 saturated carbocycles. The molecule has 20 heavy (non-hydrogen) atoms. The number of carbonyl (C=O) groups is 1. The lowest BCUT2D eigenvalue weighted by atomic mass is 10.3. The number of carbonyl (C=O) groups excluding carboxylic acids is 1. The molecule has 0 radical (unpaired) electrons. The summed E-state index contributed by atoms with van der Waals surface area (Å²) in [7, 11) is 0. The molecule has 3 rings (SSSR count). The third-order valence-electron chi connectivity index (χ3n) is 3.02. The first kappa shape index (κ1) is 13.1. The number of nitrogens with zero attached hydrogens (tertiary/aromatic N) is 2. The largest absolute Gasteiger partial charge is 0.481 e. The number of anilines is 1. The van der Waals surface area contributed by atoms with E-state index in [1.807, 2.05) is 30.3 Å². The summed E-state index contributed by atoms with van der Waals surface area (Å²) in [5.41, 5.74) is 0. The Balaban J connectivity index is 1.57. The molecule has 1 amide bonds. The SMILES string of the molecule is C[C@@H](Oc1ccccc1)C(=O)Nc1nnc(C2CC2)s1. The second kappa shape index (κ2) is 5.58. The minimum absolute atomic E-state index is 0.215. The fourth-order valence-corrected chi connectivity index (χ4v) is 2.66. The van der Waals surface area contributed by atoms with Gasteiger partial charge in [-0.1, -0.05) is 29.5 Å². The Bertz CT molecular complexity index is 595. The van der Waals surface area contributed by atoms with Crippen LogP contribution in [0.25, 0.3) is 0 Å². The van der Waals surface area contributed by atoms with Gasteiger partial charge in [0.1, 0.15) is 10.8 Å². The lowest BCUT2D eigenvalue weighted by Gasteiger charge is -2.13. The van der Waals surface area contributed by atoms with E-state index in [1.165, 1.54) is 24.2 Å². The van der Waals surface area contributed by atoms with Gasteiger partial charge in [0, 0.05) is 5.92 Å². The smallest absolute Gasteiger partial charge is 0.266 e. The van der Waals surface area contributed by atoms with Crippen molar-refractivity contribution in [3.05, 3.63) is 35.3 Å². The summed E-state index contributed by atoms with van der Waals surface area (Å²) in [5, 5.41) is 12.4. The summed E-state index contributed by atoms with van der Waals surface area (Å²) in [6.45, 7) is 1.71. The molecule has 1 aliphatic carbocycles. The summed E-state index contributed by atoms with van der Waals surface area (Å²) in [6, 6.07) is 9.28. The maximum absolute atomic E-state index is 12.0. The quantitative estimate of drug-likeness (QED) is 0.919. The molecule has 5 nitrogen and oxygen atoms in total. The maximum Gasteiger partial charge on any atom is 0.266 e. The Hall–Kier alpha value is -1.95. The molecule has 0 saturated heterocycles. The summed E-state index contributed by atoms with van der Waals surface area (Å²) in [5.74, 6) is 1.01. The zero-order chi connectivity index (χ0) is 13.9.